The van der Waals surface area contributed by atoms with Gasteiger partial charge in [0.15, 0.2) is 0 Å². The van der Waals surface area contributed by atoms with E-state index in [0.717, 1.165) is 30.0 Å². The smallest absolute Gasteiger partial charge is 0.107 e. The predicted molar refractivity (Wildman–Crippen MR) is 68.7 cm³/mol. The molecule has 0 radical (unpaired) electrons. The van der Waals surface area contributed by atoms with Gasteiger partial charge < -0.3 is 10.3 Å². The lowest BCUT2D eigenvalue weighted by Crippen LogP contribution is -2.25. The van der Waals surface area contributed by atoms with E-state index in [1.165, 1.54) is 0 Å². The maximum Gasteiger partial charge on any atom is 0.107 e. The molecule has 2 N–H and O–H groups in total. The maximum absolute atomic E-state index is 4.37. The zero-order valence-corrected chi connectivity index (χ0v) is 10.3. The minimum Gasteiger partial charge on any atom is -0.342 e. The molecule has 17 heavy (non-hydrogen) atoms. The predicted octanol–water partition coefficient (Wildman–Crippen LogP) is 2.01. The molecule has 0 bridgehead atoms. The van der Waals surface area contributed by atoms with Gasteiger partial charge in [-0.1, -0.05) is 13.8 Å². The molecular weight excluding hydrogens is 212 g/mol. The molecule has 0 aliphatic heterocycles. The summed E-state index contributed by atoms with van der Waals surface area (Å²) in [6.07, 6.45) is 6.37. The number of hydrogen-bond donors (Lipinski definition) is 2. The van der Waals surface area contributed by atoms with Crippen LogP contribution in [0.25, 0.3) is 11.3 Å². The summed E-state index contributed by atoms with van der Waals surface area (Å²) in [4.78, 5) is 11.7. The summed E-state index contributed by atoms with van der Waals surface area (Å²) >= 11 is 0. The second-order valence-corrected chi connectivity index (χ2v) is 4.34. The third-order valence-corrected chi connectivity index (χ3v) is 2.53. The van der Waals surface area contributed by atoms with Crippen LogP contribution in [-0.4, -0.2) is 27.5 Å². The topological polar surface area (TPSA) is 53.6 Å². The number of pyridine rings is 1. The van der Waals surface area contributed by atoms with Crippen molar-refractivity contribution in [2.24, 2.45) is 0 Å². The lowest BCUT2D eigenvalue weighted by Gasteiger charge is -2.05. The molecule has 4 heteroatoms. The van der Waals surface area contributed by atoms with Gasteiger partial charge in [-0.3, -0.25) is 4.98 Å². The molecule has 0 spiro atoms. The van der Waals surface area contributed by atoms with Crippen LogP contribution in [0.15, 0.2) is 30.7 Å². The first-order chi connectivity index (χ1) is 8.25. The van der Waals surface area contributed by atoms with Crippen LogP contribution in [0.2, 0.25) is 0 Å². The van der Waals surface area contributed by atoms with Gasteiger partial charge in [-0.05, 0) is 12.1 Å². The Labute approximate surface area is 102 Å². The van der Waals surface area contributed by atoms with Gasteiger partial charge >= 0.3 is 0 Å². The van der Waals surface area contributed by atoms with Gasteiger partial charge in [0.2, 0.25) is 0 Å². The number of aromatic nitrogens is 3. The summed E-state index contributed by atoms with van der Waals surface area (Å²) in [5.41, 5.74) is 2.17. The first-order valence-corrected chi connectivity index (χ1v) is 5.93. The molecule has 2 heterocycles. The van der Waals surface area contributed by atoms with Crippen LogP contribution in [0, 0.1) is 0 Å². The van der Waals surface area contributed by atoms with Crippen LogP contribution in [0.1, 0.15) is 19.7 Å². The molecule has 0 saturated heterocycles. The summed E-state index contributed by atoms with van der Waals surface area (Å²) in [6, 6.07) is 4.47. The van der Waals surface area contributed by atoms with E-state index < -0.39 is 0 Å². The Bertz CT molecular complexity index is 447. The Morgan fingerprint density at radius 1 is 1.29 bits per heavy atom. The second-order valence-electron chi connectivity index (χ2n) is 4.34. The third kappa shape index (κ3) is 3.39. The fourth-order valence-electron chi connectivity index (χ4n) is 1.65. The van der Waals surface area contributed by atoms with Crippen LogP contribution < -0.4 is 5.32 Å². The van der Waals surface area contributed by atoms with Crippen molar-refractivity contribution in [3.05, 3.63) is 36.5 Å². The van der Waals surface area contributed by atoms with E-state index in [4.69, 9.17) is 0 Å². The van der Waals surface area contributed by atoms with E-state index in [1.54, 1.807) is 12.4 Å². The van der Waals surface area contributed by atoms with E-state index in [0.29, 0.717) is 6.04 Å². The molecule has 0 aromatic carbocycles. The van der Waals surface area contributed by atoms with Crippen LogP contribution in [0.5, 0.6) is 0 Å². The molecule has 0 atom stereocenters. The van der Waals surface area contributed by atoms with Gasteiger partial charge in [0.25, 0.3) is 0 Å². The molecule has 0 aliphatic rings. The second kappa shape index (κ2) is 5.59. The Morgan fingerprint density at radius 3 is 2.76 bits per heavy atom. The van der Waals surface area contributed by atoms with E-state index in [1.807, 2.05) is 18.3 Å². The summed E-state index contributed by atoms with van der Waals surface area (Å²) in [6.45, 7) is 5.23. The van der Waals surface area contributed by atoms with Gasteiger partial charge in [-0.2, -0.15) is 0 Å². The summed E-state index contributed by atoms with van der Waals surface area (Å²) in [5, 5.41) is 3.37. The van der Waals surface area contributed by atoms with Gasteiger partial charge in [-0.15, -0.1) is 0 Å². The Hall–Kier alpha value is -1.68. The fourth-order valence-corrected chi connectivity index (χ4v) is 1.65. The molecule has 90 valence electrons. The number of nitrogens with one attached hydrogen (secondary N) is 2. The SMILES string of the molecule is CC(C)NCCc1ncc(-c2ccncc2)[nH]1. The van der Waals surface area contributed by atoms with Crippen molar-refractivity contribution in [3.8, 4) is 11.3 Å². The highest BCUT2D eigenvalue weighted by molar-refractivity contribution is 5.57. The highest BCUT2D eigenvalue weighted by Gasteiger charge is 2.02. The fraction of sp³-hybridized carbons (Fsp3) is 0.385. The first kappa shape index (κ1) is 11.8. The average Bonchev–Trinajstić information content (AvgIpc) is 2.78. The Balaban J connectivity index is 1.97. The van der Waals surface area contributed by atoms with Crippen molar-refractivity contribution in [1.29, 1.82) is 0 Å². The molecular formula is C13H18N4. The Morgan fingerprint density at radius 2 is 2.06 bits per heavy atom. The van der Waals surface area contributed by atoms with E-state index >= 15 is 0 Å². The van der Waals surface area contributed by atoms with Gasteiger partial charge in [0.05, 0.1) is 11.9 Å². The van der Waals surface area contributed by atoms with E-state index in [-0.39, 0.29) is 0 Å². The van der Waals surface area contributed by atoms with Crippen molar-refractivity contribution in [2.45, 2.75) is 26.3 Å². The van der Waals surface area contributed by atoms with Crippen molar-refractivity contribution in [2.75, 3.05) is 6.54 Å². The minimum atomic E-state index is 0.518. The van der Waals surface area contributed by atoms with Gasteiger partial charge in [0.1, 0.15) is 5.82 Å². The molecule has 0 unspecified atom stereocenters. The molecule has 0 fully saturated rings. The van der Waals surface area contributed by atoms with Crippen LogP contribution in [0.4, 0.5) is 0 Å². The van der Waals surface area contributed by atoms with Crippen molar-refractivity contribution in [3.63, 3.8) is 0 Å². The van der Waals surface area contributed by atoms with Crippen LogP contribution in [-0.2, 0) is 6.42 Å². The molecule has 0 saturated carbocycles. The summed E-state index contributed by atoms with van der Waals surface area (Å²) in [5.74, 6) is 1.02. The Kier molecular flexibility index (Phi) is 3.88. The molecule has 2 aromatic rings. The van der Waals surface area contributed by atoms with E-state index in [9.17, 15) is 0 Å². The zero-order chi connectivity index (χ0) is 12.1. The van der Waals surface area contributed by atoms with Crippen molar-refractivity contribution in [1.82, 2.24) is 20.3 Å². The molecule has 0 aliphatic carbocycles. The quantitative estimate of drug-likeness (QED) is 0.826. The lowest BCUT2D eigenvalue weighted by atomic mass is 10.2. The number of H-pyrrole nitrogens is 1. The van der Waals surface area contributed by atoms with Gasteiger partial charge in [0, 0.05) is 37.0 Å². The summed E-state index contributed by atoms with van der Waals surface area (Å²) in [7, 11) is 0. The minimum absolute atomic E-state index is 0.518. The molecule has 0 amide bonds. The lowest BCUT2D eigenvalue weighted by molar-refractivity contribution is 0.584. The number of aromatic amines is 1. The highest BCUT2D eigenvalue weighted by Crippen LogP contribution is 2.15. The van der Waals surface area contributed by atoms with Crippen LogP contribution >= 0.6 is 0 Å². The normalized spacial score (nSPS) is 11.0. The number of nitrogens with zero attached hydrogens (tertiary/aromatic N) is 2. The van der Waals surface area contributed by atoms with E-state index in [2.05, 4.69) is 34.1 Å². The average molecular weight is 230 g/mol. The third-order valence-electron chi connectivity index (χ3n) is 2.53. The van der Waals surface area contributed by atoms with Crippen LogP contribution in [0.3, 0.4) is 0 Å². The number of rotatable bonds is 5. The standard InChI is InChI=1S/C13H18N4/c1-10(2)15-8-5-13-16-9-12(17-13)11-3-6-14-7-4-11/h3-4,6-7,9-10,15H,5,8H2,1-2H3,(H,16,17). The molecule has 4 nitrogen and oxygen atoms in total. The maximum atomic E-state index is 4.37. The van der Waals surface area contributed by atoms with Gasteiger partial charge in [-0.25, -0.2) is 4.98 Å². The first-order valence-electron chi connectivity index (χ1n) is 5.93. The number of imidazole rings is 1. The zero-order valence-electron chi connectivity index (χ0n) is 10.3. The largest absolute Gasteiger partial charge is 0.342 e. The van der Waals surface area contributed by atoms with Crippen molar-refractivity contribution < 1.29 is 0 Å². The van der Waals surface area contributed by atoms with Crippen molar-refractivity contribution >= 4 is 0 Å². The monoisotopic (exact) mass is 230 g/mol. The number of hydrogen-bond acceptors (Lipinski definition) is 3. The molecule has 2 aromatic heterocycles. The highest BCUT2D eigenvalue weighted by atomic mass is 14.9. The molecule has 2 rings (SSSR count). The summed E-state index contributed by atoms with van der Waals surface area (Å²) < 4.78 is 0.